The third-order valence-electron chi connectivity index (χ3n) is 5.14. The zero-order valence-electron chi connectivity index (χ0n) is 16.6. The topological polar surface area (TPSA) is 97.3 Å². The number of aromatic nitrogens is 1. The number of nitrogens with two attached hydrogens (primary N) is 2. The number of benzene rings is 1. The summed E-state index contributed by atoms with van der Waals surface area (Å²) in [5.74, 6) is 0. The highest BCUT2D eigenvalue weighted by atomic mass is 32.2. The van der Waals surface area contributed by atoms with Crippen molar-refractivity contribution in [3.05, 3.63) is 52.2 Å². The van der Waals surface area contributed by atoms with E-state index >= 15 is 0 Å². The molecule has 0 atom stereocenters. The minimum atomic E-state index is -0.436. The molecule has 2 aliphatic carbocycles. The Kier molecular flexibility index (Phi) is 6.93. The number of primary amides is 1. The molecule has 1 heterocycles. The Bertz CT molecular complexity index is 803. The second-order valence-electron chi connectivity index (χ2n) is 7.58. The quantitative estimate of drug-likeness (QED) is 0.686. The first-order chi connectivity index (χ1) is 13.5. The molecule has 1 aromatic carbocycles. The molecule has 28 heavy (non-hydrogen) atoms. The van der Waals surface area contributed by atoms with Crippen molar-refractivity contribution in [2.24, 2.45) is 10.9 Å². The number of hydrogen-bond acceptors (Lipinski definition) is 5. The molecule has 0 bridgehead atoms. The summed E-state index contributed by atoms with van der Waals surface area (Å²) in [5, 5.41) is 9.05. The van der Waals surface area contributed by atoms with Crippen molar-refractivity contribution in [1.29, 1.82) is 0 Å². The molecule has 0 aliphatic heterocycles. The number of urea groups is 1. The fourth-order valence-corrected chi connectivity index (χ4v) is 4.29. The van der Waals surface area contributed by atoms with Crippen LogP contribution in [0.4, 0.5) is 10.5 Å². The monoisotopic (exact) mass is 399 g/mol. The molecular weight excluding hydrogens is 370 g/mol. The van der Waals surface area contributed by atoms with Gasteiger partial charge in [0.15, 0.2) is 0 Å². The van der Waals surface area contributed by atoms with Crippen LogP contribution in [0.25, 0.3) is 0 Å². The second kappa shape index (κ2) is 9.41. The van der Waals surface area contributed by atoms with Crippen LogP contribution in [-0.2, 0) is 32.2 Å². The van der Waals surface area contributed by atoms with E-state index in [0.29, 0.717) is 0 Å². The second-order valence-corrected chi connectivity index (χ2v) is 8.24. The Labute approximate surface area is 171 Å². The van der Waals surface area contributed by atoms with Crippen LogP contribution in [0.2, 0.25) is 0 Å². The molecule has 5 N–H and O–H groups in total. The van der Waals surface area contributed by atoms with Gasteiger partial charge in [-0.2, -0.15) is 0 Å². The Hall–Kier alpha value is -2.09. The molecule has 6 nitrogen and oxygen atoms in total. The van der Waals surface area contributed by atoms with E-state index in [1.54, 1.807) is 0 Å². The standard InChI is InChI=1S/C13H16N2O.C8H13N3S/c14-13(16)15-12-10-5-1-3-8(10)7-9-4-2-6-11(9)12;1-11(2)6-7-3-4-8(12-9)10-5-7/h7H,1-6H2,(H3,14,15,16);3-5H,6,9H2,1-2H3. The minimum Gasteiger partial charge on any atom is -0.351 e. The molecular formula is C21H29N5OS. The molecule has 2 amide bonds. The number of pyridine rings is 1. The van der Waals surface area contributed by atoms with Crippen molar-refractivity contribution in [2.75, 3.05) is 19.4 Å². The molecule has 7 heteroatoms. The van der Waals surface area contributed by atoms with Crippen LogP contribution in [0.3, 0.4) is 0 Å². The Balaban J connectivity index is 0.000000169. The third-order valence-corrected chi connectivity index (χ3v) is 5.62. The molecule has 0 radical (unpaired) electrons. The Morgan fingerprint density at radius 1 is 1.14 bits per heavy atom. The maximum absolute atomic E-state index is 11.1. The van der Waals surface area contributed by atoms with Gasteiger partial charge in [0.05, 0.1) is 0 Å². The summed E-state index contributed by atoms with van der Waals surface area (Å²) < 4.78 is 0. The average molecular weight is 400 g/mol. The molecule has 0 fully saturated rings. The molecule has 4 rings (SSSR count). The van der Waals surface area contributed by atoms with E-state index in [2.05, 4.69) is 21.3 Å². The van der Waals surface area contributed by atoms with E-state index in [1.165, 1.54) is 52.6 Å². The minimum absolute atomic E-state index is 0.436. The summed E-state index contributed by atoms with van der Waals surface area (Å²) in [6.45, 7) is 0.919. The number of amides is 2. The predicted octanol–water partition coefficient (Wildman–Crippen LogP) is 3.26. The van der Waals surface area contributed by atoms with E-state index in [9.17, 15) is 4.79 Å². The molecule has 0 spiro atoms. The highest BCUT2D eigenvalue weighted by Gasteiger charge is 2.24. The third kappa shape index (κ3) is 5.04. The number of carbonyl (C=O) groups is 1. The molecule has 0 saturated heterocycles. The van der Waals surface area contributed by atoms with Gasteiger partial charge in [0.2, 0.25) is 0 Å². The zero-order chi connectivity index (χ0) is 20.1. The molecule has 0 saturated carbocycles. The molecule has 2 aliphatic rings. The number of rotatable bonds is 4. The van der Waals surface area contributed by atoms with Crippen LogP contribution in [0.1, 0.15) is 40.7 Å². The highest BCUT2D eigenvalue weighted by molar-refractivity contribution is 7.97. The van der Waals surface area contributed by atoms with Gasteiger partial charge in [-0.15, -0.1) is 0 Å². The van der Waals surface area contributed by atoms with Gasteiger partial charge in [-0.1, -0.05) is 12.1 Å². The maximum atomic E-state index is 11.1. The van der Waals surface area contributed by atoms with Crippen molar-refractivity contribution in [1.82, 2.24) is 9.88 Å². The molecule has 0 unspecified atom stereocenters. The summed E-state index contributed by atoms with van der Waals surface area (Å²) in [6, 6.07) is 5.89. The van der Waals surface area contributed by atoms with Crippen molar-refractivity contribution < 1.29 is 4.79 Å². The van der Waals surface area contributed by atoms with Gasteiger partial charge in [0, 0.05) is 18.4 Å². The number of fused-ring (bicyclic) bond motifs is 2. The number of carbonyl (C=O) groups excluding carboxylic acids is 1. The lowest BCUT2D eigenvalue weighted by molar-refractivity contribution is 0.259. The summed E-state index contributed by atoms with van der Waals surface area (Å²) in [6.07, 6.45) is 8.72. The lowest BCUT2D eigenvalue weighted by Crippen LogP contribution is -2.21. The Morgan fingerprint density at radius 2 is 1.79 bits per heavy atom. The van der Waals surface area contributed by atoms with Gasteiger partial charge in [-0.25, -0.2) is 9.78 Å². The Morgan fingerprint density at radius 3 is 2.25 bits per heavy atom. The van der Waals surface area contributed by atoms with Crippen molar-refractivity contribution >= 4 is 23.7 Å². The summed E-state index contributed by atoms with van der Waals surface area (Å²) in [7, 11) is 4.07. The van der Waals surface area contributed by atoms with Crippen LogP contribution < -0.4 is 16.2 Å². The van der Waals surface area contributed by atoms with Crippen LogP contribution >= 0.6 is 11.9 Å². The van der Waals surface area contributed by atoms with Gasteiger partial charge in [-0.3, -0.25) is 5.14 Å². The van der Waals surface area contributed by atoms with Crippen LogP contribution in [-0.4, -0.2) is 30.0 Å². The van der Waals surface area contributed by atoms with E-state index < -0.39 is 6.03 Å². The van der Waals surface area contributed by atoms with Crippen molar-refractivity contribution in [3.8, 4) is 0 Å². The highest BCUT2D eigenvalue weighted by Crippen LogP contribution is 2.38. The number of hydrogen-bond donors (Lipinski definition) is 3. The van der Waals surface area contributed by atoms with Crippen LogP contribution in [0.15, 0.2) is 29.4 Å². The summed E-state index contributed by atoms with van der Waals surface area (Å²) in [4.78, 5) is 17.3. The zero-order valence-corrected chi connectivity index (χ0v) is 17.4. The predicted molar refractivity (Wildman–Crippen MR) is 115 cm³/mol. The smallest absolute Gasteiger partial charge is 0.316 e. The lowest BCUT2D eigenvalue weighted by atomic mass is 9.99. The first-order valence-electron chi connectivity index (χ1n) is 9.67. The van der Waals surface area contributed by atoms with Gasteiger partial charge in [0.1, 0.15) is 5.03 Å². The van der Waals surface area contributed by atoms with Crippen LogP contribution in [0.5, 0.6) is 0 Å². The summed E-state index contributed by atoms with van der Waals surface area (Å²) >= 11 is 1.17. The van der Waals surface area contributed by atoms with Gasteiger partial charge < -0.3 is 16.0 Å². The lowest BCUT2D eigenvalue weighted by Gasteiger charge is -2.14. The van der Waals surface area contributed by atoms with E-state index in [-0.39, 0.29) is 0 Å². The number of nitrogens with one attached hydrogen (secondary N) is 1. The van der Waals surface area contributed by atoms with E-state index in [1.807, 2.05) is 32.4 Å². The first-order valence-corrected chi connectivity index (χ1v) is 10.5. The molecule has 2 aromatic rings. The van der Waals surface area contributed by atoms with Crippen molar-refractivity contribution in [2.45, 2.75) is 50.1 Å². The SMILES string of the molecule is CN(C)Cc1ccc(SN)nc1.NC(=O)Nc1c2c(cc3c1CCC3)CCC2. The normalized spacial score (nSPS) is 14.3. The largest absolute Gasteiger partial charge is 0.351 e. The molecule has 150 valence electrons. The molecule has 1 aromatic heterocycles. The fourth-order valence-electron chi connectivity index (χ4n) is 4.03. The fraction of sp³-hybridized carbons (Fsp3) is 0.429. The van der Waals surface area contributed by atoms with E-state index in [0.717, 1.165) is 42.9 Å². The van der Waals surface area contributed by atoms with Gasteiger partial charge in [0.25, 0.3) is 0 Å². The first kappa shape index (κ1) is 20.6. The van der Waals surface area contributed by atoms with Gasteiger partial charge in [-0.05, 0) is 98.5 Å². The summed E-state index contributed by atoms with van der Waals surface area (Å²) in [5.41, 5.74) is 13.0. The maximum Gasteiger partial charge on any atom is 0.316 e. The van der Waals surface area contributed by atoms with E-state index in [4.69, 9.17) is 10.9 Å². The number of anilines is 1. The van der Waals surface area contributed by atoms with Crippen LogP contribution in [0, 0.1) is 0 Å². The van der Waals surface area contributed by atoms with Crippen molar-refractivity contribution in [3.63, 3.8) is 0 Å². The number of nitrogens with zero attached hydrogens (tertiary/aromatic N) is 2. The number of aryl methyl sites for hydroxylation is 2. The van der Waals surface area contributed by atoms with Gasteiger partial charge >= 0.3 is 6.03 Å². The average Bonchev–Trinajstić information content (AvgIpc) is 3.31.